The highest BCUT2D eigenvalue weighted by Gasteiger charge is 2.07. The van der Waals surface area contributed by atoms with Crippen LogP contribution in [0, 0.1) is 0 Å². The van der Waals surface area contributed by atoms with Gasteiger partial charge in [0.1, 0.15) is 0 Å². The van der Waals surface area contributed by atoms with E-state index in [9.17, 15) is 0 Å². The lowest BCUT2D eigenvalue weighted by atomic mass is 10.2. The van der Waals surface area contributed by atoms with Gasteiger partial charge in [-0.3, -0.25) is 4.98 Å². The second-order valence-electron chi connectivity index (χ2n) is 5.91. The number of hydrogen-bond acceptors (Lipinski definition) is 3. The number of anilines is 1. The molecule has 0 aliphatic carbocycles. The minimum absolute atomic E-state index is 0. The quantitative estimate of drug-likeness (QED) is 0.299. The fourth-order valence-corrected chi connectivity index (χ4v) is 2.69. The molecule has 2 heterocycles. The van der Waals surface area contributed by atoms with Crippen LogP contribution in [0.25, 0.3) is 0 Å². The summed E-state index contributed by atoms with van der Waals surface area (Å²) >= 11 is 0. The number of benzene rings is 1. The van der Waals surface area contributed by atoms with Crippen LogP contribution in [-0.2, 0) is 13.1 Å². The summed E-state index contributed by atoms with van der Waals surface area (Å²) in [5, 5.41) is 6.60. The molecule has 0 atom stereocenters. The maximum absolute atomic E-state index is 4.67. The van der Waals surface area contributed by atoms with Crippen LogP contribution in [0.15, 0.2) is 65.8 Å². The molecule has 2 aromatic rings. The van der Waals surface area contributed by atoms with Gasteiger partial charge in [0.25, 0.3) is 0 Å². The SMILES string of the molecule is CCNC(=NCc1ccc(N2CC=CC2)cc1)NCc1ccccn1.I. The van der Waals surface area contributed by atoms with Gasteiger partial charge in [-0.15, -0.1) is 24.0 Å². The van der Waals surface area contributed by atoms with E-state index in [1.54, 1.807) is 6.20 Å². The largest absolute Gasteiger partial charge is 0.364 e. The van der Waals surface area contributed by atoms with E-state index in [1.807, 2.05) is 18.2 Å². The molecule has 1 aliphatic heterocycles. The van der Waals surface area contributed by atoms with Crippen molar-refractivity contribution in [1.82, 2.24) is 15.6 Å². The van der Waals surface area contributed by atoms with Gasteiger partial charge in [0.05, 0.1) is 18.8 Å². The summed E-state index contributed by atoms with van der Waals surface area (Å²) in [4.78, 5) is 11.3. The summed E-state index contributed by atoms with van der Waals surface area (Å²) < 4.78 is 0. The molecule has 0 bridgehead atoms. The van der Waals surface area contributed by atoms with Crippen LogP contribution in [-0.4, -0.2) is 30.6 Å². The highest BCUT2D eigenvalue weighted by Crippen LogP contribution is 2.17. The van der Waals surface area contributed by atoms with Crippen LogP contribution in [0.4, 0.5) is 5.69 Å². The number of halogens is 1. The lowest BCUT2D eigenvalue weighted by Crippen LogP contribution is -2.37. The van der Waals surface area contributed by atoms with Crippen molar-refractivity contribution in [1.29, 1.82) is 0 Å². The van der Waals surface area contributed by atoms with Gasteiger partial charge in [-0.1, -0.05) is 30.4 Å². The smallest absolute Gasteiger partial charge is 0.191 e. The van der Waals surface area contributed by atoms with E-state index in [4.69, 9.17) is 0 Å². The monoisotopic (exact) mass is 463 g/mol. The van der Waals surface area contributed by atoms with E-state index in [0.717, 1.165) is 31.3 Å². The maximum Gasteiger partial charge on any atom is 0.191 e. The second kappa shape index (κ2) is 10.8. The third kappa shape index (κ3) is 6.01. The van der Waals surface area contributed by atoms with Crippen molar-refractivity contribution in [2.24, 2.45) is 4.99 Å². The van der Waals surface area contributed by atoms with Crippen molar-refractivity contribution in [2.45, 2.75) is 20.0 Å². The van der Waals surface area contributed by atoms with Gasteiger partial charge in [-0.25, -0.2) is 4.99 Å². The predicted molar refractivity (Wildman–Crippen MR) is 119 cm³/mol. The average molecular weight is 463 g/mol. The number of guanidine groups is 1. The van der Waals surface area contributed by atoms with E-state index in [0.29, 0.717) is 13.1 Å². The molecule has 0 saturated carbocycles. The van der Waals surface area contributed by atoms with Crippen molar-refractivity contribution in [3.8, 4) is 0 Å². The van der Waals surface area contributed by atoms with Gasteiger partial charge < -0.3 is 15.5 Å². The number of nitrogens with zero attached hydrogens (tertiary/aromatic N) is 3. The predicted octanol–water partition coefficient (Wildman–Crippen LogP) is 3.33. The zero-order valence-corrected chi connectivity index (χ0v) is 17.4. The molecular weight excluding hydrogens is 437 g/mol. The van der Waals surface area contributed by atoms with Gasteiger partial charge in [0, 0.05) is 31.5 Å². The topological polar surface area (TPSA) is 52.6 Å². The fourth-order valence-electron chi connectivity index (χ4n) is 2.69. The Bertz CT molecular complexity index is 705. The molecule has 1 aromatic carbocycles. The summed E-state index contributed by atoms with van der Waals surface area (Å²) in [6.45, 7) is 6.20. The maximum atomic E-state index is 4.67. The van der Waals surface area contributed by atoms with E-state index in [1.165, 1.54) is 11.3 Å². The molecule has 5 nitrogen and oxygen atoms in total. The molecule has 0 fully saturated rings. The fraction of sp³-hybridized carbons (Fsp3) is 0.300. The molecule has 138 valence electrons. The number of rotatable bonds is 6. The van der Waals surface area contributed by atoms with E-state index in [-0.39, 0.29) is 24.0 Å². The number of aliphatic imine (C=N–C) groups is 1. The molecule has 0 radical (unpaired) electrons. The van der Waals surface area contributed by atoms with Gasteiger partial charge in [0.2, 0.25) is 0 Å². The second-order valence-corrected chi connectivity index (χ2v) is 5.91. The summed E-state index contributed by atoms with van der Waals surface area (Å²) in [6, 6.07) is 14.6. The van der Waals surface area contributed by atoms with E-state index in [2.05, 4.69) is 68.9 Å². The average Bonchev–Trinajstić information content (AvgIpc) is 3.20. The van der Waals surface area contributed by atoms with Gasteiger partial charge in [-0.2, -0.15) is 0 Å². The zero-order chi connectivity index (χ0) is 17.3. The third-order valence-electron chi connectivity index (χ3n) is 4.05. The van der Waals surface area contributed by atoms with E-state index < -0.39 is 0 Å². The highest BCUT2D eigenvalue weighted by atomic mass is 127. The van der Waals surface area contributed by atoms with Crippen LogP contribution in [0.3, 0.4) is 0 Å². The van der Waals surface area contributed by atoms with Crippen LogP contribution < -0.4 is 15.5 Å². The Morgan fingerprint density at radius 2 is 1.85 bits per heavy atom. The Labute approximate surface area is 172 Å². The first-order chi connectivity index (χ1) is 12.3. The normalized spacial score (nSPS) is 13.4. The van der Waals surface area contributed by atoms with Crippen molar-refractivity contribution >= 4 is 35.6 Å². The Balaban J connectivity index is 0.00000243. The van der Waals surface area contributed by atoms with E-state index >= 15 is 0 Å². The van der Waals surface area contributed by atoms with Crippen LogP contribution in [0.1, 0.15) is 18.2 Å². The lowest BCUT2D eigenvalue weighted by Gasteiger charge is -2.17. The Kier molecular flexibility index (Phi) is 8.40. The number of nitrogens with one attached hydrogen (secondary N) is 2. The summed E-state index contributed by atoms with van der Waals surface area (Å²) in [5.41, 5.74) is 3.46. The van der Waals surface area contributed by atoms with Gasteiger partial charge >= 0.3 is 0 Å². The molecule has 2 N–H and O–H groups in total. The Morgan fingerprint density at radius 3 is 2.50 bits per heavy atom. The van der Waals surface area contributed by atoms with Crippen LogP contribution in [0.5, 0.6) is 0 Å². The molecule has 1 aliphatic rings. The molecule has 0 spiro atoms. The molecule has 0 saturated heterocycles. The molecule has 0 unspecified atom stereocenters. The summed E-state index contributed by atoms with van der Waals surface area (Å²) in [7, 11) is 0. The van der Waals surface area contributed by atoms with Gasteiger partial charge in [0.15, 0.2) is 5.96 Å². The number of hydrogen-bond donors (Lipinski definition) is 2. The van der Waals surface area contributed by atoms with Crippen molar-refractivity contribution in [3.63, 3.8) is 0 Å². The first-order valence-corrected chi connectivity index (χ1v) is 8.76. The Morgan fingerprint density at radius 1 is 1.08 bits per heavy atom. The molecule has 26 heavy (non-hydrogen) atoms. The first-order valence-electron chi connectivity index (χ1n) is 8.76. The van der Waals surface area contributed by atoms with Crippen molar-refractivity contribution in [2.75, 3.05) is 24.5 Å². The Hall–Kier alpha value is -2.09. The standard InChI is InChI=1S/C20H25N5.HI/c1-2-21-20(24-16-18-7-3-4-12-22-18)23-15-17-8-10-19(11-9-17)25-13-5-6-14-25;/h3-12H,2,13-16H2,1H3,(H2,21,23,24);1H. The summed E-state index contributed by atoms with van der Waals surface area (Å²) in [6.07, 6.45) is 6.21. The van der Waals surface area contributed by atoms with Crippen molar-refractivity contribution in [3.05, 3.63) is 72.1 Å². The molecule has 1 aromatic heterocycles. The minimum atomic E-state index is 0. The highest BCUT2D eigenvalue weighted by molar-refractivity contribution is 14.0. The molecular formula is C20H26IN5. The van der Waals surface area contributed by atoms with Crippen LogP contribution >= 0.6 is 24.0 Å². The summed E-state index contributed by atoms with van der Waals surface area (Å²) in [5.74, 6) is 0.806. The number of pyridine rings is 1. The molecule has 3 rings (SSSR count). The van der Waals surface area contributed by atoms with Crippen LogP contribution in [0.2, 0.25) is 0 Å². The molecule has 6 heteroatoms. The third-order valence-corrected chi connectivity index (χ3v) is 4.05. The zero-order valence-electron chi connectivity index (χ0n) is 15.1. The lowest BCUT2D eigenvalue weighted by molar-refractivity contribution is 0.799. The first kappa shape index (κ1) is 20.2. The number of aromatic nitrogens is 1. The minimum Gasteiger partial charge on any atom is -0.364 e. The van der Waals surface area contributed by atoms with Gasteiger partial charge in [-0.05, 0) is 36.8 Å². The van der Waals surface area contributed by atoms with Crippen molar-refractivity contribution < 1.29 is 0 Å². The molecule has 0 amide bonds.